The van der Waals surface area contributed by atoms with Gasteiger partial charge in [-0.2, -0.15) is 4.31 Å². The van der Waals surface area contributed by atoms with E-state index in [-0.39, 0.29) is 29.4 Å². The maximum Gasteiger partial charge on any atom is 0.237 e. The number of rotatable bonds is 9. The van der Waals surface area contributed by atoms with Crippen LogP contribution in [0.2, 0.25) is 0 Å². The van der Waals surface area contributed by atoms with Crippen LogP contribution in [0.4, 0.5) is 5.69 Å². The number of carbonyl (C=O) groups is 1. The summed E-state index contributed by atoms with van der Waals surface area (Å²) in [5.41, 5.74) is 7.50. The molecule has 0 radical (unpaired) electrons. The van der Waals surface area contributed by atoms with Gasteiger partial charge < -0.3 is 16.0 Å². The van der Waals surface area contributed by atoms with Crippen LogP contribution in [0.3, 0.4) is 0 Å². The third-order valence-corrected chi connectivity index (χ3v) is 12.4. The van der Waals surface area contributed by atoms with Crippen molar-refractivity contribution in [2.75, 3.05) is 48.8 Å². The number of aryl methyl sites for hydroxylation is 1. The van der Waals surface area contributed by atoms with Gasteiger partial charge in [-0.1, -0.05) is 32.0 Å². The van der Waals surface area contributed by atoms with Crippen LogP contribution in [0.25, 0.3) is 0 Å². The van der Waals surface area contributed by atoms with Gasteiger partial charge in [-0.25, -0.2) is 16.8 Å². The zero-order valence-electron chi connectivity index (χ0n) is 22.4. The van der Waals surface area contributed by atoms with E-state index >= 15 is 0 Å². The van der Waals surface area contributed by atoms with E-state index in [9.17, 15) is 21.6 Å². The van der Waals surface area contributed by atoms with E-state index in [0.717, 1.165) is 24.8 Å². The number of nitrogens with one attached hydrogen (secondary N) is 1. The smallest absolute Gasteiger partial charge is 0.237 e. The van der Waals surface area contributed by atoms with E-state index in [4.69, 9.17) is 5.73 Å². The fourth-order valence-corrected chi connectivity index (χ4v) is 9.87. The largest absolute Gasteiger partial charge is 0.369 e. The van der Waals surface area contributed by atoms with Crippen molar-refractivity contribution in [3.63, 3.8) is 0 Å². The van der Waals surface area contributed by atoms with Gasteiger partial charge in [0.2, 0.25) is 15.9 Å². The van der Waals surface area contributed by atoms with Crippen molar-refractivity contribution in [2.45, 2.75) is 58.5 Å². The van der Waals surface area contributed by atoms with Gasteiger partial charge in [-0.3, -0.25) is 4.79 Å². The number of hydrogen-bond acceptors (Lipinski definition) is 7. The number of nitrogens with two attached hydrogens (primary N) is 1. The number of piperazine rings is 1. The molecule has 1 saturated heterocycles. The highest BCUT2D eigenvalue weighted by molar-refractivity contribution is 7.90. The van der Waals surface area contributed by atoms with Crippen molar-refractivity contribution in [3.05, 3.63) is 29.8 Å². The Labute approximate surface area is 222 Å². The van der Waals surface area contributed by atoms with Gasteiger partial charge in [0.1, 0.15) is 9.84 Å². The molecule has 2 bridgehead atoms. The maximum atomic E-state index is 13.8. The molecular formula is C26H42N4O5S2. The molecule has 1 aromatic rings. The Morgan fingerprint density at radius 1 is 1.14 bits per heavy atom. The molecule has 3 fully saturated rings. The fourth-order valence-electron chi connectivity index (χ4n) is 6.92. The molecule has 1 amide bonds. The molecule has 1 aromatic carbocycles. The minimum atomic E-state index is -3.57. The minimum absolute atomic E-state index is 0.00259. The van der Waals surface area contributed by atoms with Crippen LogP contribution in [0.1, 0.15) is 45.1 Å². The van der Waals surface area contributed by atoms with Crippen molar-refractivity contribution in [1.82, 2.24) is 9.62 Å². The normalized spacial score (nSPS) is 28.8. The minimum Gasteiger partial charge on any atom is -0.369 e. The van der Waals surface area contributed by atoms with Crippen LogP contribution in [-0.2, 0) is 24.7 Å². The Bertz CT molecular complexity index is 1230. The average molecular weight is 555 g/mol. The SMILES string of the molecule is Cc1ccccc1N1CCN(S(=O)(=O)C[C@@]23CC[C@H](C[C@@H]2NC(=O)[C@@H](N)CCS(C)(=O)=O)C3(C)C)CC1. The van der Waals surface area contributed by atoms with Crippen molar-refractivity contribution in [1.29, 1.82) is 0 Å². The number of sulfonamides is 1. The third kappa shape index (κ3) is 5.55. The number of benzene rings is 1. The van der Waals surface area contributed by atoms with Gasteiger partial charge in [0.25, 0.3) is 0 Å². The monoisotopic (exact) mass is 554 g/mol. The molecule has 2 saturated carbocycles. The van der Waals surface area contributed by atoms with Crippen LogP contribution in [-0.4, -0.2) is 83.1 Å². The van der Waals surface area contributed by atoms with Crippen LogP contribution in [0, 0.1) is 23.7 Å². The average Bonchev–Trinajstić information content (AvgIpc) is 3.17. The molecule has 9 nitrogen and oxygen atoms in total. The second-order valence-corrected chi connectivity index (χ2v) is 16.1. The summed E-state index contributed by atoms with van der Waals surface area (Å²) < 4.78 is 52.2. The summed E-state index contributed by atoms with van der Waals surface area (Å²) >= 11 is 0. The molecule has 4 rings (SSSR count). The number of carbonyl (C=O) groups excluding carboxylic acids is 1. The highest BCUT2D eigenvalue weighted by Gasteiger charge is 2.65. The number of nitrogens with zero attached hydrogens (tertiary/aromatic N) is 2. The zero-order chi connectivity index (χ0) is 27.2. The first kappa shape index (κ1) is 28.3. The number of fused-ring (bicyclic) bond motifs is 2. The van der Waals surface area contributed by atoms with Crippen molar-refractivity contribution in [2.24, 2.45) is 22.5 Å². The van der Waals surface area contributed by atoms with Crippen molar-refractivity contribution < 1.29 is 21.6 Å². The molecule has 1 aliphatic heterocycles. The Morgan fingerprint density at radius 2 is 1.78 bits per heavy atom. The standard InChI is InChI=1S/C26H42N4O5S2/c1-19-7-5-6-8-22(19)29-12-14-30(15-13-29)37(34,35)18-26-11-9-20(25(26,2)3)17-23(26)28-24(31)21(27)10-16-36(4,32)33/h5-8,20-21,23H,9-18,27H2,1-4H3,(H,28,31)/t20-,21+,23+,26+/m1/s1. The lowest BCUT2D eigenvalue weighted by molar-refractivity contribution is -0.124. The van der Waals surface area contributed by atoms with Crippen LogP contribution < -0.4 is 16.0 Å². The molecule has 37 heavy (non-hydrogen) atoms. The first-order chi connectivity index (χ1) is 17.2. The number of sulfone groups is 1. The highest BCUT2D eigenvalue weighted by atomic mass is 32.2. The molecule has 4 atom stereocenters. The Morgan fingerprint density at radius 3 is 2.38 bits per heavy atom. The summed E-state index contributed by atoms with van der Waals surface area (Å²) in [7, 11) is -6.80. The van der Waals surface area contributed by atoms with Gasteiger partial charge >= 0.3 is 0 Å². The van der Waals surface area contributed by atoms with E-state index in [1.165, 1.54) is 5.56 Å². The number of anilines is 1. The maximum absolute atomic E-state index is 13.8. The van der Waals surface area contributed by atoms with Gasteiger partial charge in [0.05, 0.1) is 17.5 Å². The van der Waals surface area contributed by atoms with Crippen LogP contribution >= 0.6 is 0 Å². The summed E-state index contributed by atoms with van der Waals surface area (Å²) in [5.74, 6) is -0.245. The molecule has 0 spiro atoms. The molecule has 0 aromatic heterocycles. The number of para-hydroxylation sites is 1. The van der Waals surface area contributed by atoms with Gasteiger partial charge in [-0.05, 0) is 55.6 Å². The van der Waals surface area contributed by atoms with E-state index in [1.54, 1.807) is 4.31 Å². The number of hydrogen-bond donors (Lipinski definition) is 2. The quantitative estimate of drug-likeness (QED) is 0.473. The Kier molecular flexibility index (Phi) is 7.75. The van der Waals surface area contributed by atoms with Crippen LogP contribution in [0.15, 0.2) is 24.3 Å². The highest BCUT2D eigenvalue weighted by Crippen LogP contribution is 2.66. The first-order valence-corrected chi connectivity index (χ1v) is 16.9. The van der Waals surface area contributed by atoms with Gasteiger partial charge in [0.15, 0.2) is 0 Å². The van der Waals surface area contributed by atoms with Crippen molar-refractivity contribution in [3.8, 4) is 0 Å². The zero-order valence-corrected chi connectivity index (χ0v) is 24.1. The van der Waals surface area contributed by atoms with Gasteiger partial charge in [0, 0.05) is 49.6 Å². The summed E-state index contributed by atoms with van der Waals surface area (Å²) in [6, 6.07) is 6.90. The lowest BCUT2D eigenvalue weighted by Crippen LogP contribution is -2.57. The molecule has 1 heterocycles. The summed E-state index contributed by atoms with van der Waals surface area (Å²) in [5, 5.41) is 3.05. The molecule has 2 aliphatic carbocycles. The molecule has 3 N–H and O–H groups in total. The predicted molar refractivity (Wildman–Crippen MR) is 147 cm³/mol. The van der Waals surface area contributed by atoms with Gasteiger partial charge in [-0.15, -0.1) is 0 Å². The molecule has 11 heteroatoms. The third-order valence-electron chi connectivity index (χ3n) is 9.41. The van der Waals surface area contributed by atoms with E-state index in [0.29, 0.717) is 38.5 Å². The lowest BCUT2D eigenvalue weighted by Gasteiger charge is -2.44. The second kappa shape index (κ2) is 10.1. The van der Waals surface area contributed by atoms with E-state index in [1.807, 2.05) is 12.1 Å². The van der Waals surface area contributed by atoms with E-state index < -0.39 is 37.2 Å². The predicted octanol–water partition coefficient (Wildman–Crippen LogP) is 1.52. The summed E-state index contributed by atoms with van der Waals surface area (Å²) in [6.07, 6.45) is 3.55. The second-order valence-electron chi connectivity index (χ2n) is 11.9. The first-order valence-electron chi connectivity index (χ1n) is 13.2. The molecule has 0 unspecified atom stereocenters. The summed E-state index contributed by atoms with van der Waals surface area (Å²) in [4.78, 5) is 15.2. The van der Waals surface area contributed by atoms with Crippen molar-refractivity contribution >= 4 is 31.5 Å². The lowest BCUT2D eigenvalue weighted by atomic mass is 9.69. The van der Waals surface area contributed by atoms with Crippen LogP contribution in [0.5, 0.6) is 0 Å². The fraction of sp³-hybridized carbons (Fsp3) is 0.731. The number of amides is 1. The van der Waals surface area contributed by atoms with E-state index in [2.05, 4.69) is 43.1 Å². The Hall–Kier alpha value is -1.69. The topological polar surface area (TPSA) is 130 Å². The molecule has 3 aliphatic rings. The molecule has 208 valence electrons. The molecular weight excluding hydrogens is 512 g/mol. The Balaban J connectivity index is 1.46. The summed E-state index contributed by atoms with van der Waals surface area (Å²) in [6.45, 7) is 8.47.